The molecule has 0 unspecified atom stereocenters. The van der Waals surface area contributed by atoms with Gasteiger partial charge in [0.05, 0.1) is 31.4 Å². The fourth-order valence-electron chi connectivity index (χ4n) is 3.08. The molecule has 2 heterocycles. The maximum Gasteiger partial charge on any atom is 0.246 e. The third-order valence-electron chi connectivity index (χ3n) is 4.30. The third-order valence-corrected chi connectivity index (χ3v) is 4.30. The van der Waals surface area contributed by atoms with Crippen LogP contribution in [0, 0.1) is 0 Å². The van der Waals surface area contributed by atoms with Crippen molar-refractivity contribution in [2.24, 2.45) is 0 Å². The highest BCUT2D eigenvalue weighted by atomic mass is 16.5. The van der Waals surface area contributed by atoms with Crippen molar-refractivity contribution in [3.8, 4) is 17.2 Å². The number of aromatic hydroxyl groups is 1. The molecule has 128 valence electrons. The lowest BCUT2D eigenvalue weighted by Gasteiger charge is -2.25. The standard InChI is InChI=1S/C18H21NO5/c1-22-16-12(6-7-14(20)19-9-4-3-5-10-19)15(21)18(23-2)17-13(16)8-11-24-17/h6-8,11,21H,3-5,9-10H2,1-2H3. The molecule has 0 spiro atoms. The third kappa shape index (κ3) is 2.79. The number of likely N-dealkylation sites (tertiary alicyclic amines) is 1. The number of carbonyl (C=O) groups is 1. The van der Waals surface area contributed by atoms with Crippen LogP contribution < -0.4 is 9.47 Å². The van der Waals surface area contributed by atoms with Crippen LogP contribution in [0.3, 0.4) is 0 Å². The van der Waals surface area contributed by atoms with Gasteiger partial charge < -0.3 is 23.9 Å². The molecule has 0 aliphatic carbocycles. The van der Waals surface area contributed by atoms with Crippen LogP contribution in [0.1, 0.15) is 24.8 Å². The number of phenolic OH excluding ortho intramolecular Hbond substituents is 1. The van der Waals surface area contributed by atoms with Crippen molar-refractivity contribution in [3.05, 3.63) is 24.0 Å². The first-order valence-corrected chi connectivity index (χ1v) is 7.98. The van der Waals surface area contributed by atoms with Crippen molar-refractivity contribution >= 4 is 23.0 Å². The van der Waals surface area contributed by atoms with E-state index in [4.69, 9.17) is 13.9 Å². The van der Waals surface area contributed by atoms with Crippen molar-refractivity contribution in [2.75, 3.05) is 27.3 Å². The van der Waals surface area contributed by atoms with Gasteiger partial charge in [0.15, 0.2) is 11.3 Å². The molecular weight excluding hydrogens is 310 g/mol. The van der Waals surface area contributed by atoms with Crippen molar-refractivity contribution in [1.29, 1.82) is 0 Å². The average Bonchev–Trinajstić information content (AvgIpc) is 3.09. The number of carbonyl (C=O) groups excluding carboxylic acids is 1. The summed E-state index contributed by atoms with van der Waals surface area (Å²) in [6, 6.07) is 1.74. The monoisotopic (exact) mass is 331 g/mol. The highest BCUT2D eigenvalue weighted by Gasteiger charge is 2.22. The van der Waals surface area contributed by atoms with Gasteiger partial charge in [-0.25, -0.2) is 0 Å². The molecule has 1 aromatic carbocycles. The molecule has 1 saturated heterocycles. The van der Waals surface area contributed by atoms with E-state index >= 15 is 0 Å². The normalized spacial score (nSPS) is 15.2. The van der Waals surface area contributed by atoms with Crippen molar-refractivity contribution in [1.82, 2.24) is 4.90 Å². The molecule has 1 N–H and O–H groups in total. The van der Waals surface area contributed by atoms with E-state index < -0.39 is 0 Å². The van der Waals surface area contributed by atoms with Crippen molar-refractivity contribution in [3.63, 3.8) is 0 Å². The summed E-state index contributed by atoms with van der Waals surface area (Å²) in [6.07, 6.45) is 7.76. The molecular formula is C18H21NO5. The molecule has 1 aliphatic rings. The first-order valence-electron chi connectivity index (χ1n) is 7.98. The van der Waals surface area contributed by atoms with Crippen LogP contribution in [-0.2, 0) is 4.79 Å². The number of phenols is 1. The first-order chi connectivity index (χ1) is 11.7. The predicted octanol–water partition coefficient (Wildman–Crippen LogP) is 3.18. The van der Waals surface area contributed by atoms with Crippen LogP contribution in [0.4, 0.5) is 0 Å². The minimum atomic E-state index is -0.112. The lowest BCUT2D eigenvalue weighted by atomic mass is 10.1. The number of rotatable bonds is 4. The Labute approximate surface area is 140 Å². The van der Waals surface area contributed by atoms with E-state index in [1.165, 1.54) is 26.6 Å². The molecule has 1 aliphatic heterocycles. The Bertz CT molecular complexity index is 771. The van der Waals surface area contributed by atoms with Crippen LogP contribution in [-0.4, -0.2) is 43.2 Å². The Hall–Kier alpha value is -2.63. The minimum Gasteiger partial charge on any atom is -0.504 e. The highest BCUT2D eigenvalue weighted by molar-refractivity contribution is 5.99. The molecule has 0 saturated carbocycles. The minimum absolute atomic E-state index is 0.0672. The molecule has 1 amide bonds. The number of furan rings is 1. The number of piperidine rings is 1. The van der Waals surface area contributed by atoms with Gasteiger partial charge in [-0.2, -0.15) is 0 Å². The van der Waals surface area contributed by atoms with Crippen LogP contribution >= 0.6 is 0 Å². The van der Waals surface area contributed by atoms with E-state index in [0.29, 0.717) is 22.3 Å². The second-order valence-electron chi connectivity index (χ2n) is 5.71. The maximum atomic E-state index is 12.3. The molecule has 0 radical (unpaired) electrons. The largest absolute Gasteiger partial charge is 0.504 e. The van der Waals surface area contributed by atoms with E-state index in [1.807, 2.05) is 4.90 Å². The van der Waals surface area contributed by atoms with E-state index in [-0.39, 0.29) is 17.4 Å². The quantitative estimate of drug-likeness (QED) is 0.871. The van der Waals surface area contributed by atoms with Crippen LogP contribution in [0.2, 0.25) is 0 Å². The molecule has 1 fully saturated rings. The Morgan fingerprint density at radius 2 is 1.92 bits per heavy atom. The Morgan fingerprint density at radius 3 is 2.58 bits per heavy atom. The Morgan fingerprint density at radius 1 is 1.21 bits per heavy atom. The summed E-state index contributed by atoms with van der Waals surface area (Å²) in [7, 11) is 2.97. The zero-order valence-electron chi connectivity index (χ0n) is 13.9. The summed E-state index contributed by atoms with van der Waals surface area (Å²) in [6.45, 7) is 1.55. The fourth-order valence-corrected chi connectivity index (χ4v) is 3.08. The summed E-state index contributed by atoms with van der Waals surface area (Å²) < 4.78 is 16.0. The number of hydrogen-bond donors (Lipinski definition) is 1. The predicted molar refractivity (Wildman–Crippen MR) is 90.4 cm³/mol. The molecule has 1 aromatic heterocycles. The van der Waals surface area contributed by atoms with Gasteiger partial charge in [0.1, 0.15) is 5.75 Å². The lowest BCUT2D eigenvalue weighted by Crippen LogP contribution is -2.34. The van der Waals surface area contributed by atoms with E-state index in [1.54, 1.807) is 12.1 Å². The van der Waals surface area contributed by atoms with E-state index in [0.717, 1.165) is 32.4 Å². The van der Waals surface area contributed by atoms with E-state index in [2.05, 4.69) is 0 Å². The van der Waals surface area contributed by atoms with Gasteiger partial charge >= 0.3 is 0 Å². The molecule has 24 heavy (non-hydrogen) atoms. The molecule has 0 atom stereocenters. The summed E-state index contributed by atoms with van der Waals surface area (Å²) >= 11 is 0. The molecule has 6 heteroatoms. The van der Waals surface area contributed by atoms with E-state index in [9.17, 15) is 9.90 Å². The zero-order chi connectivity index (χ0) is 17.1. The average molecular weight is 331 g/mol. The van der Waals surface area contributed by atoms with Gasteiger partial charge in [-0.05, 0) is 31.4 Å². The number of ether oxygens (including phenoxy) is 2. The van der Waals surface area contributed by atoms with Gasteiger partial charge in [-0.1, -0.05) is 0 Å². The summed E-state index contributed by atoms with van der Waals surface area (Å²) in [5, 5.41) is 11.2. The molecule has 2 aromatic rings. The number of methoxy groups -OCH3 is 2. The Kier molecular flexibility index (Phi) is 4.64. The smallest absolute Gasteiger partial charge is 0.246 e. The number of fused-ring (bicyclic) bond motifs is 1. The maximum absolute atomic E-state index is 12.3. The number of nitrogens with zero attached hydrogens (tertiary/aromatic N) is 1. The summed E-state index contributed by atoms with van der Waals surface area (Å²) in [5.74, 6) is 0.488. The van der Waals surface area contributed by atoms with Gasteiger partial charge in [-0.15, -0.1) is 0 Å². The molecule has 3 rings (SSSR count). The van der Waals surface area contributed by atoms with Gasteiger partial charge in [0.25, 0.3) is 0 Å². The number of hydrogen-bond acceptors (Lipinski definition) is 5. The van der Waals surface area contributed by atoms with Gasteiger partial charge in [0, 0.05) is 19.2 Å². The van der Waals surface area contributed by atoms with Crippen molar-refractivity contribution in [2.45, 2.75) is 19.3 Å². The number of amides is 1. The lowest BCUT2D eigenvalue weighted by molar-refractivity contribution is -0.126. The van der Waals surface area contributed by atoms with Gasteiger partial charge in [0.2, 0.25) is 11.7 Å². The van der Waals surface area contributed by atoms with Crippen LogP contribution in [0.25, 0.3) is 17.0 Å². The first kappa shape index (κ1) is 16.2. The second kappa shape index (κ2) is 6.86. The van der Waals surface area contributed by atoms with Crippen molar-refractivity contribution < 1.29 is 23.8 Å². The molecule has 0 bridgehead atoms. The van der Waals surface area contributed by atoms with Gasteiger partial charge in [-0.3, -0.25) is 4.79 Å². The second-order valence-corrected chi connectivity index (χ2v) is 5.71. The fraction of sp³-hybridized carbons (Fsp3) is 0.389. The number of benzene rings is 1. The van der Waals surface area contributed by atoms with Crippen LogP contribution in [0.5, 0.6) is 17.2 Å². The topological polar surface area (TPSA) is 72.1 Å². The summed E-state index contributed by atoms with van der Waals surface area (Å²) in [5.41, 5.74) is 0.806. The molecule has 6 nitrogen and oxygen atoms in total. The van der Waals surface area contributed by atoms with Crippen LogP contribution in [0.15, 0.2) is 22.8 Å². The summed E-state index contributed by atoms with van der Waals surface area (Å²) in [4.78, 5) is 14.1. The SMILES string of the molecule is COc1c(C=CC(=O)N2CCCCC2)c(O)c(OC)c2occc12. The Balaban J connectivity index is 2.00. The highest BCUT2D eigenvalue weighted by Crippen LogP contribution is 2.46. The zero-order valence-corrected chi connectivity index (χ0v) is 13.9.